The maximum Gasteiger partial charge on any atom is 0.248 e. The number of piperidine rings is 1. The van der Waals surface area contributed by atoms with Crippen molar-refractivity contribution in [2.45, 2.75) is 38.5 Å². The normalized spacial score (nSPS) is 17.0. The smallest absolute Gasteiger partial charge is 0.248 e. The summed E-state index contributed by atoms with van der Waals surface area (Å²) < 4.78 is 38.4. The van der Waals surface area contributed by atoms with Gasteiger partial charge in [-0.3, -0.25) is 4.79 Å². The van der Waals surface area contributed by atoms with E-state index in [1.807, 2.05) is 31.2 Å². The summed E-state index contributed by atoms with van der Waals surface area (Å²) in [6.07, 6.45) is 1.22. The van der Waals surface area contributed by atoms with Crippen molar-refractivity contribution >= 4 is 21.6 Å². The molecule has 0 spiro atoms. The molecule has 1 unspecified atom stereocenters. The van der Waals surface area contributed by atoms with E-state index in [0.717, 1.165) is 11.3 Å². The van der Waals surface area contributed by atoms with Gasteiger partial charge in [-0.1, -0.05) is 17.3 Å². The van der Waals surface area contributed by atoms with Crippen LogP contribution in [-0.2, 0) is 14.8 Å². The molecule has 1 fully saturated rings. The van der Waals surface area contributed by atoms with E-state index in [2.05, 4.69) is 10.5 Å². The fourth-order valence-electron chi connectivity index (χ4n) is 4.01. The minimum absolute atomic E-state index is 0.0905. The van der Waals surface area contributed by atoms with Crippen LogP contribution in [0.3, 0.4) is 0 Å². The zero-order chi connectivity index (χ0) is 23.6. The van der Waals surface area contributed by atoms with Crippen molar-refractivity contribution < 1.29 is 22.5 Å². The molecule has 1 aliphatic heterocycles. The van der Waals surface area contributed by atoms with Crippen LogP contribution < -0.4 is 10.1 Å². The molecule has 33 heavy (non-hydrogen) atoms. The summed E-state index contributed by atoms with van der Waals surface area (Å²) in [4.78, 5) is 13.0. The first-order chi connectivity index (χ1) is 15.7. The number of carbonyl (C=O) groups excluding carboxylic acids is 1. The first kappa shape index (κ1) is 23.0. The van der Waals surface area contributed by atoms with Gasteiger partial charge in [0.1, 0.15) is 22.1 Å². The fourth-order valence-corrected chi connectivity index (χ4v) is 5.83. The zero-order valence-corrected chi connectivity index (χ0v) is 19.7. The molecular formula is C24H27N3O5S. The van der Waals surface area contributed by atoms with E-state index in [1.54, 1.807) is 38.1 Å². The quantitative estimate of drug-likeness (QED) is 0.573. The summed E-state index contributed by atoms with van der Waals surface area (Å²) in [6, 6.07) is 14.9. The van der Waals surface area contributed by atoms with Crippen molar-refractivity contribution in [1.82, 2.24) is 9.46 Å². The third-order valence-electron chi connectivity index (χ3n) is 5.67. The summed E-state index contributed by atoms with van der Waals surface area (Å²) in [5.41, 5.74) is 2.06. The van der Waals surface area contributed by atoms with Crippen molar-refractivity contribution in [2.24, 2.45) is 5.92 Å². The van der Waals surface area contributed by atoms with E-state index < -0.39 is 15.9 Å². The van der Waals surface area contributed by atoms with Gasteiger partial charge in [0.2, 0.25) is 15.9 Å². The van der Waals surface area contributed by atoms with E-state index in [0.29, 0.717) is 36.5 Å². The van der Waals surface area contributed by atoms with Gasteiger partial charge in [-0.25, -0.2) is 8.42 Å². The van der Waals surface area contributed by atoms with Gasteiger partial charge >= 0.3 is 0 Å². The number of hydrogen-bond donors (Lipinski definition) is 1. The first-order valence-electron chi connectivity index (χ1n) is 10.8. The van der Waals surface area contributed by atoms with Crippen LogP contribution in [0.2, 0.25) is 0 Å². The lowest BCUT2D eigenvalue weighted by molar-refractivity contribution is -0.120. The molecule has 4 rings (SSSR count). The SMILES string of the molecule is Cc1cccc(Oc2ccc(NC(=O)C3CCCN(S(=O)(=O)c4c(C)noc4C)C3)cc2)c1. The van der Waals surface area contributed by atoms with Crippen molar-refractivity contribution in [2.75, 3.05) is 18.4 Å². The van der Waals surface area contributed by atoms with Crippen molar-refractivity contribution in [3.8, 4) is 11.5 Å². The van der Waals surface area contributed by atoms with E-state index in [4.69, 9.17) is 9.26 Å². The molecule has 8 nitrogen and oxygen atoms in total. The average Bonchev–Trinajstić information content (AvgIpc) is 3.14. The Morgan fingerprint density at radius 2 is 1.88 bits per heavy atom. The third kappa shape index (κ3) is 5.09. The van der Waals surface area contributed by atoms with Crippen LogP contribution in [-0.4, -0.2) is 36.9 Å². The highest BCUT2D eigenvalue weighted by Crippen LogP contribution is 2.29. The maximum absolute atomic E-state index is 13.1. The topological polar surface area (TPSA) is 102 Å². The molecule has 1 N–H and O–H groups in total. The molecule has 174 valence electrons. The van der Waals surface area contributed by atoms with Gasteiger partial charge in [0, 0.05) is 18.8 Å². The van der Waals surface area contributed by atoms with Crippen LogP contribution in [0, 0.1) is 26.7 Å². The molecule has 0 saturated carbocycles. The highest BCUT2D eigenvalue weighted by atomic mass is 32.2. The van der Waals surface area contributed by atoms with Crippen molar-refractivity contribution in [3.63, 3.8) is 0 Å². The Bertz CT molecular complexity index is 1230. The number of aryl methyl sites for hydroxylation is 3. The number of nitrogens with zero attached hydrogens (tertiary/aromatic N) is 2. The number of amides is 1. The summed E-state index contributed by atoms with van der Waals surface area (Å²) in [6.45, 7) is 5.66. The van der Waals surface area contributed by atoms with Gasteiger partial charge in [0.15, 0.2) is 5.76 Å². The minimum atomic E-state index is -3.78. The Labute approximate surface area is 193 Å². The lowest BCUT2D eigenvalue weighted by Gasteiger charge is -2.31. The molecule has 1 amide bonds. The molecule has 1 atom stereocenters. The van der Waals surface area contributed by atoms with Crippen LogP contribution in [0.1, 0.15) is 29.9 Å². The largest absolute Gasteiger partial charge is 0.457 e. The Balaban J connectivity index is 1.40. The van der Waals surface area contributed by atoms with Crippen LogP contribution in [0.5, 0.6) is 11.5 Å². The molecule has 1 aliphatic rings. The van der Waals surface area contributed by atoms with Gasteiger partial charge in [0.25, 0.3) is 0 Å². The molecule has 0 radical (unpaired) electrons. The molecule has 2 heterocycles. The Morgan fingerprint density at radius 3 is 2.55 bits per heavy atom. The summed E-state index contributed by atoms with van der Waals surface area (Å²) in [5.74, 6) is 1.01. The van der Waals surface area contributed by atoms with Crippen LogP contribution in [0.25, 0.3) is 0 Å². The predicted molar refractivity (Wildman–Crippen MR) is 124 cm³/mol. The zero-order valence-electron chi connectivity index (χ0n) is 18.9. The lowest BCUT2D eigenvalue weighted by Crippen LogP contribution is -2.43. The van der Waals surface area contributed by atoms with Gasteiger partial charge in [-0.05, 0) is 75.6 Å². The second kappa shape index (κ2) is 9.36. The summed E-state index contributed by atoms with van der Waals surface area (Å²) in [5, 5.41) is 6.65. The van der Waals surface area contributed by atoms with Crippen LogP contribution in [0.15, 0.2) is 57.9 Å². The van der Waals surface area contributed by atoms with Crippen LogP contribution in [0.4, 0.5) is 5.69 Å². The molecule has 1 saturated heterocycles. The van der Waals surface area contributed by atoms with E-state index in [-0.39, 0.29) is 23.1 Å². The lowest BCUT2D eigenvalue weighted by atomic mass is 9.99. The number of benzene rings is 2. The van der Waals surface area contributed by atoms with E-state index >= 15 is 0 Å². The van der Waals surface area contributed by atoms with Crippen molar-refractivity contribution in [3.05, 3.63) is 65.5 Å². The number of carbonyl (C=O) groups is 1. The molecule has 2 aromatic carbocycles. The summed E-state index contributed by atoms with van der Waals surface area (Å²) in [7, 11) is -3.78. The van der Waals surface area contributed by atoms with Gasteiger partial charge in [0.05, 0.1) is 5.92 Å². The second-order valence-electron chi connectivity index (χ2n) is 8.29. The van der Waals surface area contributed by atoms with Crippen molar-refractivity contribution in [1.29, 1.82) is 0 Å². The Hall–Kier alpha value is -3.17. The van der Waals surface area contributed by atoms with Crippen LogP contribution >= 0.6 is 0 Å². The molecule has 1 aromatic heterocycles. The van der Waals surface area contributed by atoms with E-state index in [9.17, 15) is 13.2 Å². The van der Waals surface area contributed by atoms with Gasteiger partial charge in [-0.2, -0.15) is 4.31 Å². The fraction of sp³-hybridized carbons (Fsp3) is 0.333. The molecular weight excluding hydrogens is 442 g/mol. The highest BCUT2D eigenvalue weighted by molar-refractivity contribution is 7.89. The number of aromatic nitrogens is 1. The number of sulfonamides is 1. The number of anilines is 1. The number of hydrogen-bond acceptors (Lipinski definition) is 6. The minimum Gasteiger partial charge on any atom is -0.457 e. The molecule has 0 bridgehead atoms. The third-order valence-corrected chi connectivity index (χ3v) is 7.78. The number of rotatable bonds is 6. The highest BCUT2D eigenvalue weighted by Gasteiger charge is 2.36. The average molecular weight is 470 g/mol. The second-order valence-corrected chi connectivity index (χ2v) is 10.2. The molecule has 3 aromatic rings. The summed E-state index contributed by atoms with van der Waals surface area (Å²) >= 11 is 0. The maximum atomic E-state index is 13.1. The number of ether oxygens (including phenoxy) is 1. The standard InChI is InChI=1S/C24H27N3O5S/c1-16-6-4-8-22(14-16)31-21-11-9-20(10-12-21)25-24(28)19-7-5-13-27(15-19)33(29,30)23-17(2)26-32-18(23)3/h4,6,8-12,14,19H,5,7,13,15H2,1-3H3,(H,25,28). The Kier molecular flexibility index (Phi) is 6.53. The first-order valence-corrected chi connectivity index (χ1v) is 12.3. The molecule has 9 heteroatoms. The Morgan fingerprint density at radius 1 is 1.12 bits per heavy atom. The molecule has 0 aliphatic carbocycles. The van der Waals surface area contributed by atoms with Gasteiger partial charge in [-0.15, -0.1) is 0 Å². The number of nitrogens with one attached hydrogen (secondary N) is 1. The monoisotopic (exact) mass is 469 g/mol. The predicted octanol–water partition coefficient (Wildman–Crippen LogP) is 4.43. The van der Waals surface area contributed by atoms with Gasteiger partial charge < -0.3 is 14.6 Å². The van der Waals surface area contributed by atoms with E-state index in [1.165, 1.54) is 4.31 Å².